The number of aryl methyl sites for hydroxylation is 1. The molecule has 1 N–H and O–H groups in total. The normalized spacial score (nSPS) is 17.5. The lowest BCUT2D eigenvalue weighted by Crippen LogP contribution is -2.44. The molecule has 1 fully saturated rings. The van der Waals surface area contributed by atoms with Crippen LogP contribution in [0.15, 0.2) is 29.2 Å². The Balaban J connectivity index is 1.68. The Kier molecular flexibility index (Phi) is 7.02. The van der Waals surface area contributed by atoms with Gasteiger partial charge in [-0.25, -0.2) is 13.1 Å². The van der Waals surface area contributed by atoms with Crippen molar-refractivity contribution in [1.29, 1.82) is 0 Å². The van der Waals surface area contributed by atoms with Crippen molar-refractivity contribution in [2.75, 3.05) is 46.3 Å². The molecule has 23 heavy (non-hydrogen) atoms. The minimum Gasteiger partial charge on any atom is -0.304 e. The predicted octanol–water partition coefficient (Wildman–Crippen LogP) is 1.55. The summed E-state index contributed by atoms with van der Waals surface area (Å²) in [5, 5.41) is 0. The van der Waals surface area contributed by atoms with E-state index in [0.29, 0.717) is 11.4 Å². The maximum absolute atomic E-state index is 12.2. The summed E-state index contributed by atoms with van der Waals surface area (Å²) in [5.41, 5.74) is 1.15. The van der Waals surface area contributed by atoms with Crippen LogP contribution in [-0.2, 0) is 16.4 Å². The highest BCUT2D eigenvalue weighted by Crippen LogP contribution is 2.11. The molecule has 6 heteroatoms. The van der Waals surface area contributed by atoms with Crippen molar-refractivity contribution in [3.63, 3.8) is 0 Å². The van der Waals surface area contributed by atoms with E-state index in [-0.39, 0.29) is 0 Å². The van der Waals surface area contributed by atoms with E-state index in [2.05, 4.69) is 28.5 Å². The van der Waals surface area contributed by atoms with Crippen molar-refractivity contribution in [3.05, 3.63) is 29.8 Å². The molecule has 0 aromatic heterocycles. The summed E-state index contributed by atoms with van der Waals surface area (Å²) in [6.07, 6.45) is 2.82. The van der Waals surface area contributed by atoms with E-state index in [0.717, 1.165) is 57.5 Å². The van der Waals surface area contributed by atoms with Crippen LogP contribution in [0.25, 0.3) is 0 Å². The molecule has 5 nitrogen and oxygen atoms in total. The van der Waals surface area contributed by atoms with Gasteiger partial charge in [-0.2, -0.15) is 0 Å². The number of rotatable bonds is 8. The highest BCUT2D eigenvalue weighted by Gasteiger charge is 2.14. The highest BCUT2D eigenvalue weighted by molar-refractivity contribution is 7.89. The number of nitrogens with one attached hydrogen (secondary N) is 1. The first kappa shape index (κ1) is 18.4. The number of piperazine rings is 1. The van der Waals surface area contributed by atoms with E-state index in [1.165, 1.54) is 0 Å². The molecule has 1 aliphatic rings. The fraction of sp³-hybridized carbons (Fsp3) is 0.647. The molecule has 0 unspecified atom stereocenters. The monoisotopic (exact) mass is 339 g/mol. The third-order valence-electron chi connectivity index (χ3n) is 4.43. The van der Waals surface area contributed by atoms with Crippen molar-refractivity contribution in [2.45, 2.75) is 31.1 Å². The second-order valence-corrected chi connectivity index (χ2v) is 8.01. The fourth-order valence-corrected chi connectivity index (χ4v) is 3.80. The maximum atomic E-state index is 12.2. The zero-order valence-electron chi connectivity index (χ0n) is 14.3. The summed E-state index contributed by atoms with van der Waals surface area (Å²) in [5.74, 6) is 0. The lowest BCUT2D eigenvalue weighted by molar-refractivity contribution is 0.152. The Morgan fingerprint density at radius 2 is 1.70 bits per heavy atom. The molecule has 0 spiro atoms. The van der Waals surface area contributed by atoms with Crippen LogP contribution in [0.1, 0.15) is 25.3 Å². The van der Waals surface area contributed by atoms with Gasteiger partial charge in [0.2, 0.25) is 10.0 Å². The van der Waals surface area contributed by atoms with Crippen LogP contribution in [0.5, 0.6) is 0 Å². The standard InChI is InChI=1S/C17H29N3O2S/c1-3-16-6-8-17(9-7-16)23(21,22)18-10-4-5-11-20-14-12-19(2)13-15-20/h6-9,18H,3-5,10-15H2,1-2H3. The Labute approximate surface area is 140 Å². The summed E-state index contributed by atoms with van der Waals surface area (Å²) < 4.78 is 27.1. The second-order valence-electron chi connectivity index (χ2n) is 6.25. The van der Waals surface area contributed by atoms with E-state index in [9.17, 15) is 8.42 Å². The van der Waals surface area contributed by atoms with Crippen LogP contribution in [0, 0.1) is 0 Å². The van der Waals surface area contributed by atoms with Gasteiger partial charge in [0.1, 0.15) is 0 Å². The third kappa shape index (κ3) is 5.88. The van der Waals surface area contributed by atoms with Gasteiger partial charge in [0.15, 0.2) is 0 Å². The number of nitrogens with zero attached hydrogens (tertiary/aromatic N) is 2. The van der Waals surface area contributed by atoms with Crippen molar-refractivity contribution in [2.24, 2.45) is 0 Å². The molecule has 0 radical (unpaired) electrons. The predicted molar refractivity (Wildman–Crippen MR) is 94.2 cm³/mol. The fourth-order valence-electron chi connectivity index (χ4n) is 2.73. The summed E-state index contributed by atoms with van der Waals surface area (Å²) >= 11 is 0. The van der Waals surface area contributed by atoms with Gasteiger partial charge in [0.25, 0.3) is 0 Å². The molecule has 0 atom stereocenters. The van der Waals surface area contributed by atoms with Gasteiger partial charge < -0.3 is 9.80 Å². The first-order valence-electron chi connectivity index (χ1n) is 8.51. The van der Waals surface area contributed by atoms with Gasteiger partial charge in [0, 0.05) is 32.7 Å². The van der Waals surface area contributed by atoms with Crippen LogP contribution in [0.2, 0.25) is 0 Å². The quantitative estimate of drug-likeness (QED) is 0.730. The van der Waals surface area contributed by atoms with Crippen LogP contribution in [0.4, 0.5) is 0 Å². The van der Waals surface area contributed by atoms with Crippen molar-refractivity contribution >= 4 is 10.0 Å². The maximum Gasteiger partial charge on any atom is 0.240 e. The topological polar surface area (TPSA) is 52.7 Å². The van der Waals surface area contributed by atoms with Crippen LogP contribution in [0.3, 0.4) is 0 Å². The van der Waals surface area contributed by atoms with E-state index >= 15 is 0 Å². The molecular weight excluding hydrogens is 310 g/mol. The average Bonchev–Trinajstić information content (AvgIpc) is 2.56. The number of unbranched alkanes of at least 4 members (excludes halogenated alkanes) is 1. The zero-order valence-corrected chi connectivity index (χ0v) is 15.1. The van der Waals surface area contributed by atoms with E-state index in [4.69, 9.17) is 0 Å². The molecule has 1 aromatic rings. The van der Waals surface area contributed by atoms with Gasteiger partial charge in [-0.3, -0.25) is 0 Å². The molecule has 1 heterocycles. The number of hydrogen-bond donors (Lipinski definition) is 1. The average molecular weight is 340 g/mol. The van der Waals surface area contributed by atoms with Gasteiger partial charge in [-0.1, -0.05) is 19.1 Å². The molecule has 130 valence electrons. The molecule has 0 aliphatic carbocycles. The third-order valence-corrected chi connectivity index (χ3v) is 5.91. The first-order chi connectivity index (χ1) is 11.0. The van der Waals surface area contributed by atoms with Crippen LogP contribution >= 0.6 is 0 Å². The summed E-state index contributed by atoms with van der Waals surface area (Å²) in [6.45, 7) is 8.10. The lowest BCUT2D eigenvalue weighted by Gasteiger charge is -2.32. The Hall–Kier alpha value is -0.950. The van der Waals surface area contributed by atoms with E-state index in [1.807, 2.05) is 12.1 Å². The first-order valence-corrected chi connectivity index (χ1v) is 9.99. The van der Waals surface area contributed by atoms with Gasteiger partial charge >= 0.3 is 0 Å². The molecule has 0 saturated carbocycles. The molecule has 0 amide bonds. The SMILES string of the molecule is CCc1ccc(S(=O)(=O)NCCCCN2CCN(C)CC2)cc1. The number of benzene rings is 1. The van der Waals surface area contributed by atoms with Crippen molar-refractivity contribution in [1.82, 2.24) is 14.5 Å². The molecular formula is C17H29N3O2S. The molecule has 1 aromatic carbocycles. The van der Waals surface area contributed by atoms with Crippen molar-refractivity contribution in [3.8, 4) is 0 Å². The molecule has 1 saturated heterocycles. The summed E-state index contributed by atoms with van der Waals surface area (Å²) in [7, 11) is -1.22. The zero-order chi connectivity index (χ0) is 16.7. The largest absolute Gasteiger partial charge is 0.304 e. The Morgan fingerprint density at radius 3 is 2.30 bits per heavy atom. The van der Waals surface area contributed by atoms with Crippen LogP contribution in [-0.4, -0.2) is 64.5 Å². The van der Waals surface area contributed by atoms with Gasteiger partial charge in [-0.15, -0.1) is 0 Å². The molecule has 2 rings (SSSR count). The highest BCUT2D eigenvalue weighted by atomic mass is 32.2. The summed E-state index contributed by atoms with van der Waals surface area (Å²) in [4.78, 5) is 5.15. The summed E-state index contributed by atoms with van der Waals surface area (Å²) in [6, 6.07) is 7.13. The molecule has 0 bridgehead atoms. The van der Waals surface area contributed by atoms with Gasteiger partial charge in [-0.05, 0) is 50.6 Å². The van der Waals surface area contributed by atoms with Gasteiger partial charge in [0.05, 0.1) is 4.90 Å². The number of sulfonamides is 1. The lowest BCUT2D eigenvalue weighted by atomic mass is 10.2. The Bertz CT molecular complexity index is 564. The second kappa shape index (κ2) is 8.78. The Morgan fingerprint density at radius 1 is 1.04 bits per heavy atom. The number of likely N-dealkylation sites (N-methyl/N-ethyl adjacent to an activating group) is 1. The van der Waals surface area contributed by atoms with E-state index in [1.54, 1.807) is 12.1 Å². The molecule has 1 aliphatic heterocycles. The smallest absolute Gasteiger partial charge is 0.240 e. The van der Waals surface area contributed by atoms with E-state index < -0.39 is 10.0 Å². The minimum absolute atomic E-state index is 0.355. The van der Waals surface area contributed by atoms with Crippen LogP contribution < -0.4 is 4.72 Å². The van der Waals surface area contributed by atoms with Crippen molar-refractivity contribution < 1.29 is 8.42 Å². The number of hydrogen-bond acceptors (Lipinski definition) is 4. The minimum atomic E-state index is -3.37.